The van der Waals surface area contributed by atoms with Crippen LogP contribution in [0.3, 0.4) is 0 Å². The van der Waals surface area contributed by atoms with Crippen LogP contribution in [0.15, 0.2) is 18.2 Å². The van der Waals surface area contributed by atoms with Gasteiger partial charge in [0, 0.05) is 12.2 Å². The third-order valence-corrected chi connectivity index (χ3v) is 1.80. The molecule has 0 fully saturated rings. The molecule has 0 radical (unpaired) electrons. The number of hydrogen-bond donors (Lipinski definition) is 2. The van der Waals surface area contributed by atoms with E-state index in [1.165, 1.54) is 0 Å². The molecule has 15 heavy (non-hydrogen) atoms. The van der Waals surface area contributed by atoms with Gasteiger partial charge in [0.2, 0.25) is 0 Å². The Balaban J connectivity index is 2.62. The Morgan fingerprint density at radius 2 is 2.20 bits per heavy atom. The number of nitrogens with zero attached hydrogens (tertiary/aromatic N) is 1. The van der Waals surface area contributed by atoms with Gasteiger partial charge in [0.15, 0.2) is 0 Å². The lowest BCUT2D eigenvalue weighted by Crippen LogP contribution is -2.38. The summed E-state index contributed by atoms with van der Waals surface area (Å²) in [5.74, 6) is -0.263. The molecule has 0 aliphatic heterocycles. The van der Waals surface area contributed by atoms with Gasteiger partial charge in [0.05, 0.1) is 5.60 Å². The lowest BCUT2D eigenvalue weighted by molar-refractivity contribution is 0.0692. The summed E-state index contributed by atoms with van der Waals surface area (Å²) >= 11 is 0. The van der Waals surface area contributed by atoms with Gasteiger partial charge < -0.3 is 10.4 Å². The van der Waals surface area contributed by atoms with E-state index in [2.05, 4.69) is 10.3 Å². The van der Waals surface area contributed by atoms with Crippen molar-refractivity contribution in [3.8, 4) is 0 Å². The molecule has 1 aromatic heterocycles. The van der Waals surface area contributed by atoms with Crippen LogP contribution in [-0.2, 0) is 0 Å². The van der Waals surface area contributed by atoms with Gasteiger partial charge in [-0.15, -0.1) is 0 Å². The van der Waals surface area contributed by atoms with Crippen LogP contribution in [-0.4, -0.2) is 28.1 Å². The molecular weight excluding hydrogens is 192 g/mol. The fourth-order valence-corrected chi connectivity index (χ4v) is 1.06. The largest absolute Gasteiger partial charge is 0.389 e. The van der Waals surface area contributed by atoms with Gasteiger partial charge in [0.25, 0.3) is 5.91 Å². The Morgan fingerprint density at radius 3 is 2.73 bits per heavy atom. The molecule has 0 aliphatic carbocycles. The SMILES string of the molecule is Cc1cccc(C(=O)NCC(C)(C)O)n1. The Hall–Kier alpha value is -1.42. The zero-order chi connectivity index (χ0) is 11.5. The molecule has 0 unspecified atom stereocenters. The van der Waals surface area contributed by atoms with Gasteiger partial charge in [0.1, 0.15) is 5.69 Å². The van der Waals surface area contributed by atoms with Gasteiger partial charge in [-0.05, 0) is 32.9 Å². The number of carbonyl (C=O) groups is 1. The summed E-state index contributed by atoms with van der Waals surface area (Å²) < 4.78 is 0. The zero-order valence-corrected chi connectivity index (χ0v) is 9.24. The van der Waals surface area contributed by atoms with Gasteiger partial charge in [-0.2, -0.15) is 0 Å². The van der Waals surface area contributed by atoms with Crippen molar-refractivity contribution in [3.63, 3.8) is 0 Å². The molecule has 0 bridgehead atoms. The lowest BCUT2D eigenvalue weighted by Gasteiger charge is -2.17. The predicted octanol–water partition coefficient (Wildman–Crippen LogP) is 0.891. The summed E-state index contributed by atoms with van der Waals surface area (Å²) in [7, 11) is 0. The molecule has 82 valence electrons. The number of amides is 1. The topological polar surface area (TPSA) is 62.2 Å². The van der Waals surface area contributed by atoms with Crippen molar-refractivity contribution < 1.29 is 9.90 Å². The Labute approximate surface area is 89.3 Å². The number of aromatic nitrogens is 1. The second-order valence-electron chi connectivity index (χ2n) is 4.16. The first kappa shape index (κ1) is 11.7. The van der Waals surface area contributed by atoms with Gasteiger partial charge in [-0.25, -0.2) is 4.98 Å². The summed E-state index contributed by atoms with van der Waals surface area (Å²) in [6.45, 7) is 5.31. The molecule has 0 saturated heterocycles. The summed E-state index contributed by atoms with van der Waals surface area (Å²) in [4.78, 5) is 15.6. The van der Waals surface area contributed by atoms with Crippen molar-refractivity contribution in [1.29, 1.82) is 0 Å². The molecule has 0 aliphatic rings. The highest BCUT2D eigenvalue weighted by Gasteiger charge is 2.15. The molecule has 0 spiro atoms. The predicted molar refractivity (Wildman–Crippen MR) is 57.6 cm³/mol. The first-order chi connectivity index (χ1) is 6.88. The smallest absolute Gasteiger partial charge is 0.269 e. The Kier molecular flexibility index (Phi) is 3.42. The Bertz CT molecular complexity index is 356. The van der Waals surface area contributed by atoms with Crippen LogP contribution in [0.4, 0.5) is 0 Å². The fraction of sp³-hybridized carbons (Fsp3) is 0.455. The summed E-state index contributed by atoms with van der Waals surface area (Å²) in [5.41, 5.74) is 0.268. The van der Waals surface area contributed by atoms with Crippen LogP contribution in [0.25, 0.3) is 0 Å². The molecule has 4 heteroatoms. The number of nitrogens with one attached hydrogen (secondary N) is 1. The van der Waals surface area contributed by atoms with E-state index in [1.54, 1.807) is 26.0 Å². The van der Waals surface area contributed by atoms with E-state index in [0.717, 1.165) is 5.69 Å². The highest BCUT2D eigenvalue weighted by Crippen LogP contribution is 2.00. The Morgan fingerprint density at radius 1 is 1.53 bits per heavy atom. The molecule has 4 nitrogen and oxygen atoms in total. The van der Waals surface area contributed by atoms with E-state index in [4.69, 9.17) is 0 Å². The molecule has 1 rings (SSSR count). The standard InChI is InChI=1S/C11H16N2O2/c1-8-5-4-6-9(13-8)10(14)12-7-11(2,3)15/h4-6,15H,7H2,1-3H3,(H,12,14). The minimum Gasteiger partial charge on any atom is -0.389 e. The first-order valence-corrected chi connectivity index (χ1v) is 4.83. The van der Waals surface area contributed by atoms with Crippen LogP contribution in [0, 0.1) is 6.92 Å². The maximum absolute atomic E-state index is 11.6. The molecule has 1 aromatic rings. The number of aryl methyl sites for hydroxylation is 1. The van der Waals surface area contributed by atoms with Crippen molar-refractivity contribution in [3.05, 3.63) is 29.6 Å². The molecule has 1 heterocycles. The normalized spacial score (nSPS) is 11.2. The lowest BCUT2D eigenvalue weighted by atomic mass is 10.1. The van der Waals surface area contributed by atoms with E-state index in [0.29, 0.717) is 5.69 Å². The minimum absolute atomic E-state index is 0.210. The van der Waals surface area contributed by atoms with Gasteiger partial charge >= 0.3 is 0 Å². The van der Waals surface area contributed by atoms with E-state index >= 15 is 0 Å². The summed E-state index contributed by atoms with van der Waals surface area (Å²) in [6.07, 6.45) is 0. The van der Waals surface area contributed by atoms with Crippen molar-refractivity contribution >= 4 is 5.91 Å². The van der Waals surface area contributed by atoms with Crippen LogP contribution in [0.1, 0.15) is 30.0 Å². The van der Waals surface area contributed by atoms with E-state index in [9.17, 15) is 9.90 Å². The van der Waals surface area contributed by atoms with E-state index in [1.807, 2.05) is 13.0 Å². The summed E-state index contributed by atoms with van der Waals surface area (Å²) in [5, 5.41) is 12.0. The average molecular weight is 208 g/mol. The molecule has 1 amide bonds. The van der Waals surface area contributed by atoms with Crippen LogP contribution >= 0.6 is 0 Å². The summed E-state index contributed by atoms with van der Waals surface area (Å²) in [6, 6.07) is 5.25. The average Bonchev–Trinajstić information content (AvgIpc) is 2.13. The molecule has 0 atom stereocenters. The molecule has 0 aromatic carbocycles. The fourth-order valence-electron chi connectivity index (χ4n) is 1.06. The van der Waals surface area contributed by atoms with Crippen molar-refractivity contribution in [1.82, 2.24) is 10.3 Å². The quantitative estimate of drug-likeness (QED) is 0.775. The molecule has 2 N–H and O–H groups in total. The second kappa shape index (κ2) is 4.40. The molecule has 0 saturated carbocycles. The highest BCUT2D eigenvalue weighted by atomic mass is 16.3. The zero-order valence-electron chi connectivity index (χ0n) is 9.24. The van der Waals surface area contributed by atoms with Crippen molar-refractivity contribution in [2.24, 2.45) is 0 Å². The maximum Gasteiger partial charge on any atom is 0.269 e. The van der Waals surface area contributed by atoms with E-state index in [-0.39, 0.29) is 12.5 Å². The van der Waals surface area contributed by atoms with Crippen LogP contribution in [0.2, 0.25) is 0 Å². The van der Waals surface area contributed by atoms with Crippen LogP contribution in [0.5, 0.6) is 0 Å². The van der Waals surface area contributed by atoms with Crippen LogP contribution < -0.4 is 5.32 Å². The number of hydrogen-bond acceptors (Lipinski definition) is 3. The minimum atomic E-state index is -0.903. The maximum atomic E-state index is 11.6. The third-order valence-electron chi connectivity index (χ3n) is 1.80. The highest BCUT2D eigenvalue weighted by molar-refractivity contribution is 5.92. The number of pyridine rings is 1. The first-order valence-electron chi connectivity index (χ1n) is 4.83. The monoisotopic (exact) mass is 208 g/mol. The number of rotatable bonds is 3. The van der Waals surface area contributed by atoms with Gasteiger partial charge in [-0.1, -0.05) is 6.07 Å². The van der Waals surface area contributed by atoms with Gasteiger partial charge in [-0.3, -0.25) is 4.79 Å². The van der Waals surface area contributed by atoms with Crippen molar-refractivity contribution in [2.75, 3.05) is 6.54 Å². The number of carbonyl (C=O) groups excluding carboxylic acids is 1. The van der Waals surface area contributed by atoms with E-state index < -0.39 is 5.60 Å². The third kappa shape index (κ3) is 4.08. The second-order valence-corrected chi connectivity index (χ2v) is 4.16. The number of aliphatic hydroxyl groups is 1. The van der Waals surface area contributed by atoms with Crippen molar-refractivity contribution in [2.45, 2.75) is 26.4 Å². The molecular formula is C11H16N2O2.